The third-order valence-corrected chi connectivity index (χ3v) is 3.67. The molecule has 1 fully saturated rings. The van der Waals surface area contributed by atoms with Gasteiger partial charge in [-0.15, -0.1) is 0 Å². The smallest absolute Gasteiger partial charge is 0.329 e. The number of carboxylic acids is 1. The highest BCUT2D eigenvalue weighted by Crippen LogP contribution is 2.32. The summed E-state index contributed by atoms with van der Waals surface area (Å²) in [5.74, 6) is -1.17. The van der Waals surface area contributed by atoms with Crippen molar-refractivity contribution in [2.24, 2.45) is 0 Å². The second kappa shape index (κ2) is 5.30. The predicted octanol–water partition coefficient (Wildman–Crippen LogP) is 1.32. The zero-order valence-corrected chi connectivity index (χ0v) is 10.7. The summed E-state index contributed by atoms with van der Waals surface area (Å²) in [6.07, 6.45) is 2.65. The largest absolute Gasteiger partial charge is 0.480 e. The Morgan fingerprint density at radius 1 is 1.32 bits per heavy atom. The first-order chi connectivity index (χ1) is 9.03. The molecule has 0 unspecified atom stereocenters. The summed E-state index contributed by atoms with van der Waals surface area (Å²) in [5.41, 5.74) is 6.34. The number of rotatable bonds is 5. The molecule has 1 saturated carbocycles. The van der Waals surface area contributed by atoms with E-state index in [4.69, 9.17) is 10.8 Å². The Kier molecular flexibility index (Phi) is 3.74. The number of nitrogens with two attached hydrogens (primary N) is 1. The molecule has 5 heteroatoms. The Morgan fingerprint density at radius 3 is 2.53 bits per heavy atom. The number of carbonyl (C=O) groups excluding carboxylic acids is 1. The topological polar surface area (TPSA) is 92.4 Å². The number of para-hydroxylation sites is 1. The van der Waals surface area contributed by atoms with Crippen LogP contribution in [-0.2, 0) is 16.0 Å². The maximum atomic E-state index is 11.8. The van der Waals surface area contributed by atoms with Gasteiger partial charge in [0.1, 0.15) is 5.54 Å². The second-order valence-electron chi connectivity index (χ2n) is 4.99. The summed E-state index contributed by atoms with van der Waals surface area (Å²) in [5, 5.41) is 11.8. The van der Waals surface area contributed by atoms with Crippen LogP contribution in [0.4, 0.5) is 5.69 Å². The highest BCUT2D eigenvalue weighted by Gasteiger charge is 2.45. The average Bonchev–Trinajstić information content (AvgIpc) is 2.32. The van der Waals surface area contributed by atoms with E-state index in [1.807, 2.05) is 18.2 Å². The molecule has 2 rings (SSSR count). The van der Waals surface area contributed by atoms with Gasteiger partial charge in [0.05, 0.1) is 0 Å². The first-order valence-corrected chi connectivity index (χ1v) is 6.41. The molecule has 4 N–H and O–H groups in total. The fourth-order valence-electron chi connectivity index (χ4n) is 2.26. The van der Waals surface area contributed by atoms with Gasteiger partial charge in [-0.3, -0.25) is 4.79 Å². The van der Waals surface area contributed by atoms with Gasteiger partial charge >= 0.3 is 5.97 Å². The van der Waals surface area contributed by atoms with E-state index in [1.54, 1.807) is 6.07 Å². The third-order valence-electron chi connectivity index (χ3n) is 3.67. The molecule has 0 aromatic heterocycles. The van der Waals surface area contributed by atoms with E-state index in [1.165, 1.54) is 0 Å². The first-order valence-electron chi connectivity index (χ1n) is 6.41. The predicted molar refractivity (Wildman–Crippen MR) is 71.5 cm³/mol. The molecule has 1 aromatic carbocycles. The maximum absolute atomic E-state index is 11.8. The zero-order valence-electron chi connectivity index (χ0n) is 10.7. The van der Waals surface area contributed by atoms with Crippen molar-refractivity contribution in [3.05, 3.63) is 29.8 Å². The monoisotopic (exact) mass is 262 g/mol. The number of nitrogens with one attached hydrogen (secondary N) is 1. The van der Waals surface area contributed by atoms with Crippen LogP contribution in [0.1, 0.15) is 31.2 Å². The van der Waals surface area contributed by atoms with Crippen molar-refractivity contribution in [1.29, 1.82) is 0 Å². The van der Waals surface area contributed by atoms with Gasteiger partial charge in [-0.25, -0.2) is 4.79 Å². The van der Waals surface area contributed by atoms with Crippen LogP contribution in [0.5, 0.6) is 0 Å². The summed E-state index contributed by atoms with van der Waals surface area (Å²) in [4.78, 5) is 23.0. The van der Waals surface area contributed by atoms with E-state index >= 15 is 0 Å². The number of nitrogen functional groups attached to an aromatic ring is 1. The van der Waals surface area contributed by atoms with Crippen LogP contribution in [0.3, 0.4) is 0 Å². The van der Waals surface area contributed by atoms with Crippen LogP contribution in [0.25, 0.3) is 0 Å². The molecule has 1 aromatic rings. The van der Waals surface area contributed by atoms with E-state index in [2.05, 4.69) is 5.32 Å². The van der Waals surface area contributed by atoms with Gasteiger partial charge in [-0.2, -0.15) is 0 Å². The molecular formula is C14H18N2O3. The average molecular weight is 262 g/mol. The number of amides is 1. The van der Waals surface area contributed by atoms with Gasteiger partial charge in [0.15, 0.2) is 0 Å². The van der Waals surface area contributed by atoms with Crippen molar-refractivity contribution >= 4 is 17.6 Å². The minimum atomic E-state index is -1.03. The number of aryl methyl sites for hydroxylation is 1. The van der Waals surface area contributed by atoms with Crippen LogP contribution in [-0.4, -0.2) is 22.5 Å². The molecule has 1 aliphatic rings. The normalized spacial score (nSPS) is 16.4. The molecule has 0 aliphatic heterocycles. The lowest BCUT2D eigenvalue weighted by molar-refractivity contribution is -0.151. The lowest BCUT2D eigenvalue weighted by Gasteiger charge is -2.38. The molecule has 0 radical (unpaired) electrons. The van der Waals surface area contributed by atoms with Crippen molar-refractivity contribution in [2.45, 2.75) is 37.6 Å². The first kappa shape index (κ1) is 13.4. The number of hydrogen-bond acceptors (Lipinski definition) is 3. The summed E-state index contributed by atoms with van der Waals surface area (Å²) >= 11 is 0. The number of hydrogen-bond donors (Lipinski definition) is 3. The quantitative estimate of drug-likeness (QED) is 0.698. The zero-order chi connectivity index (χ0) is 13.9. The summed E-state index contributed by atoms with van der Waals surface area (Å²) in [6.45, 7) is 0. The molecule has 102 valence electrons. The molecule has 0 saturated heterocycles. The lowest BCUT2D eigenvalue weighted by Crippen LogP contribution is -2.59. The van der Waals surface area contributed by atoms with Crippen molar-refractivity contribution < 1.29 is 14.7 Å². The maximum Gasteiger partial charge on any atom is 0.329 e. The molecular weight excluding hydrogens is 244 g/mol. The van der Waals surface area contributed by atoms with Gasteiger partial charge in [0.25, 0.3) is 0 Å². The number of benzene rings is 1. The summed E-state index contributed by atoms with van der Waals surface area (Å²) in [6, 6.07) is 7.37. The van der Waals surface area contributed by atoms with Crippen LogP contribution < -0.4 is 11.1 Å². The van der Waals surface area contributed by atoms with E-state index in [0.717, 1.165) is 12.0 Å². The van der Waals surface area contributed by atoms with Crippen LogP contribution in [0, 0.1) is 0 Å². The van der Waals surface area contributed by atoms with Crippen LogP contribution in [0.2, 0.25) is 0 Å². The minimum absolute atomic E-state index is 0.231. The van der Waals surface area contributed by atoms with Crippen molar-refractivity contribution in [1.82, 2.24) is 5.32 Å². The Morgan fingerprint density at radius 2 is 2.00 bits per heavy atom. The van der Waals surface area contributed by atoms with Crippen LogP contribution in [0.15, 0.2) is 24.3 Å². The highest BCUT2D eigenvalue weighted by molar-refractivity contribution is 5.88. The Balaban J connectivity index is 1.89. The molecule has 19 heavy (non-hydrogen) atoms. The minimum Gasteiger partial charge on any atom is -0.480 e. The Bertz CT molecular complexity index is 495. The molecule has 0 bridgehead atoms. The Labute approximate surface area is 111 Å². The van der Waals surface area contributed by atoms with Gasteiger partial charge in [0.2, 0.25) is 5.91 Å². The van der Waals surface area contributed by atoms with Crippen LogP contribution >= 0.6 is 0 Å². The molecule has 0 atom stereocenters. The molecule has 1 amide bonds. The number of aliphatic carboxylic acids is 1. The van der Waals surface area contributed by atoms with Gasteiger partial charge < -0.3 is 16.2 Å². The fourth-order valence-corrected chi connectivity index (χ4v) is 2.26. The number of carbonyl (C=O) groups is 2. The molecule has 0 spiro atoms. The van der Waals surface area contributed by atoms with E-state index in [-0.39, 0.29) is 12.3 Å². The van der Waals surface area contributed by atoms with E-state index in [0.29, 0.717) is 24.9 Å². The molecule has 5 nitrogen and oxygen atoms in total. The van der Waals surface area contributed by atoms with Gasteiger partial charge in [-0.1, -0.05) is 18.2 Å². The van der Waals surface area contributed by atoms with E-state index in [9.17, 15) is 9.59 Å². The van der Waals surface area contributed by atoms with Crippen molar-refractivity contribution in [2.75, 3.05) is 5.73 Å². The van der Waals surface area contributed by atoms with E-state index < -0.39 is 11.5 Å². The second-order valence-corrected chi connectivity index (χ2v) is 4.99. The summed E-state index contributed by atoms with van der Waals surface area (Å²) in [7, 11) is 0. The molecule has 1 aliphatic carbocycles. The van der Waals surface area contributed by atoms with Crippen molar-refractivity contribution in [3.8, 4) is 0 Å². The Hall–Kier alpha value is -2.04. The van der Waals surface area contributed by atoms with Gasteiger partial charge in [0, 0.05) is 12.1 Å². The fraction of sp³-hybridized carbons (Fsp3) is 0.429. The summed E-state index contributed by atoms with van der Waals surface area (Å²) < 4.78 is 0. The third kappa shape index (κ3) is 2.86. The SMILES string of the molecule is Nc1ccccc1CCC(=O)NC1(C(=O)O)CCC1. The standard InChI is InChI=1S/C14H18N2O3/c15-11-5-2-1-4-10(11)6-7-12(17)16-14(13(18)19)8-3-9-14/h1-2,4-5H,3,6-9,15H2,(H,16,17)(H,18,19). The number of carboxylic acid groups (broad SMARTS) is 1. The molecule has 0 heterocycles. The van der Waals surface area contributed by atoms with Crippen molar-refractivity contribution in [3.63, 3.8) is 0 Å². The van der Waals surface area contributed by atoms with Gasteiger partial charge in [-0.05, 0) is 37.3 Å². The number of anilines is 1. The lowest BCUT2D eigenvalue weighted by atomic mass is 9.76. The highest BCUT2D eigenvalue weighted by atomic mass is 16.4.